The fraction of sp³-hybridized carbons (Fsp3) is 0.227. The first-order valence-electron chi connectivity index (χ1n) is 9.10. The molecule has 0 fully saturated rings. The van der Waals surface area contributed by atoms with Crippen LogP contribution in [0.1, 0.15) is 31.0 Å². The molecular formula is C22H20BrClN2O4. The first kappa shape index (κ1) is 23.5. The Balaban J connectivity index is 2.16. The molecule has 0 aromatic heterocycles. The van der Waals surface area contributed by atoms with Crippen molar-refractivity contribution in [2.24, 2.45) is 0 Å². The number of hydrogen-bond donors (Lipinski definition) is 1. The Bertz CT molecular complexity index is 963. The van der Waals surface area contributed by atoms with Crippen LogP contribution in [0.3, 0.4) is 0 Å². The monoisotopic (exact) mass is 490 g/mol. The maximum absolute atomic E-state index is 12.5. The molecule has 0 aliphatic carbocycles. The molecule has 2 aromatic rings. The van der Waals surface area contributed by atoms with E-state index in [1.807, 2.05) is 43.3 Å². The first-order valence-corrected chi connectivity index (χ1v) is 10.3. The summed E-state index contributed by atoms with van der Waals surface area (Å²) in [4.78, 5) is 24.0. The van der Waals surface area contributed by atoms with Gasteiger partial charge in [-0.2, -0.15) is 5.26 Å². The molecule has 2 aromatic carbocycles. The Morgan fingerprint density at radius 3 is 2.60 bits per heavy atom. The van der Waals surface area contributed by atoms with Crippen molar-refractivity contribution in [1.82, 2.24) is 5.32 Å². The van der Waals surface area contributed by atoms with Gasteiger partial charge in [0, 0.05) is 0 Å². The molecule has 0 saturated carbocycles. The van der Waals surface area contributed by atoms with Gasteiger partial charge in [-0.25, -0.2) is 4.79 Å². The number of hydrogen-bond acceptors (Lipinski definition) is 5. The van der Waals surface area contributed by atoms with Gasteiger partial charge in [0.2, 0.25) is 0 Å². The Hall–Kier alpha value is -2.82. The second-order valence-corrected chi connectivity index (χ2v) is 7.44. The van der Waals surface area contributed by atoms with Crippen LogP contribution in [0.25, 0.3) is 6.08 Å². The fourth-order valence-corrected chi connectivity index (χ4v) is 3.54. The zero-order valence-corrected chi connectivity index (χ0v) is 18.8. The van der Waals surface area contributed by atoms with E-state index in [0.29, 0.717) is 10.0 Å². The minimum Gasteiger partial charge on any atom is -0.479 e. The maximum atomic E-state index is 12.5. The van der Waals surface area contributed by atoms with E-state index in [0.717, 1.165) is 5.56 Å². The topological polar surface area (TPSA) is 88.4 Å². The smallest absolute Gasteiger partial charge is 0.344 e. The highest BCUT2D eigenvalue weighted by atomic mass is 79.9. The van der Waals surface area contributed by atoms with E-state index < -0.39 is 11.9 Å². The van der Waals surface area contributed by atoms with E-state index in [9.17, 15) is 14.9 Å². The summed E-state index contributed by atoms with van der Waals surface area (Å²) in [6, 6.07) is 14.3. The van der Waals surface area contributed by atoms with Gasteiger partial charge in [0.1, 0.15) is 11.6 Å². The molecule has 0 unspecified atom stereocenters. The molecule has 30 heavy (non-hydrogen) atoms. The first-order chi connectivity index (χ1) is 14.3. The largest absolute Gasteiger partial charge is 0.479 e. The zero-order valence-electron chi connectivity index (χ0n) is 16.4. The highest BCUT2D eigenvalue weighted by Crippen LogP contribution is 2.35. The lowest BCUT2D eigenvalue weighted by Gasteiger charge is -2.14. The third kappa shape index (κ3) is 6.61. The van der Waals surface area contributed by atoms with E-state index in [1.165, 1.54) is 12.1 Å². The average Bonchev–Trinajstić information content (AvgIpc) is 2.72. The number of carbonyl (C=O) groups excluding carboxylic acids is 2. The van der Waals surface area contributed by atoms with Gasteiger partial charge in [-0.05, 0) is 59.1 Å². The zero-order chi connectivity index (χ0) is 22.1. The molecule has 156 valence electrons. The molecule has 2 rings (SSSR count). The number of carbonyl (C=O) groups is 2. The van der Waals surface area contributed by atoms with Crippen LogP contribution in [0.5, 0.6) is 5.75 Å². The molecule has 0 aliphatic rings. The van der Waals surface area contributed by atoms with Crippen molar-refractivity contribution in [3.05, 3.63) is 68.7 Å². The lowest BCUT2D eigenvalue weighted by atomic mass is 10.1. The van der Waals surface area contributed by atoms with Crippen LogP contribution in [0.2, 0.25) is 5.02 Å². The summed E-state index contributed by atoms with van der Waals surface area (Å²) in [5.74, 6) is -0.744. The Kier molecular flexibility index (Phi) is 8.90. The lowest BCUT2D eigenvalue weighted by Crippen LogP contribution is -2.27. The van der Waals surface area contributed by atoms with E-state index >= 15 is 0 Å². The number of nitriles is 1. The number of nitrogens with zero attached hydrogens (tertiary/aromatic N) is 1. The van der Waals surface area contributed by atoms with Crippen LogP contribution in [0.15, 0.2) is 52.5 Å². The van der Waals surface area contributed by atoms with Crippen LogP contribution < -0.4 is 10.1 Å². The molecule has 1 atom stereocenters. The molecular weight excluding hydrogens is 472 g/mol. The predicted octanol–water partition coefficient (Wildman–Crippen LogP) is 4.83. The predicted molar refractivity (Wildman–Crippen MR) is 118 cm³/mol. The van der Waals surface area contributed by atoms with E-state index in [4.69, 9.17) is 21.1 Å². The Labute approximate surface area is 188 Å². The molecule has 8 heteroatoms. The third-order valence-corrected chi connectivity index (χ3v) is 4.85. The van der Waals surface area contributed by atoms with Crippen molar-refractivity contribution >= 4 is 45.5 Å². The quantitative estimate of drug-likeness (QED) is 0.325. The molecule has 6 nitrogen and oxygen atoms in total. The summed E-state index contributed by atoms with van der Waals surface area (Å²) < 4.78 is 10.7. The van der Waals surface area contributed by atoms with Gasteiger partial charge in [-0.1, -0.05) is 41.9 Å². The van der Waals surface area contributed by atoms with Crippen molar-refractivity contribution in [3.8, 4) is 11.8 Å². The minimum atomic E-state index is -0.514. The highest BCUT2D eigenvalue weighted by Gasteiger charge is 2.16. The fourth-order valence-electron chi connectivity index (χ4n) is 2.55. The van der Waals surface area contributed by atoms with Gasteiger partial charge in [-0.15, -0.1) is 0 Å². The van der Waals surface area contributed by atoms with Crippen molar-refractivity contribution in [1.29, 1.82) is 5.26 Å². The second-order valence-electron chi connectivity index (χ2n) is 6.18. The maximum Gasteiger partial charge on any atom is 0.344 e. The summed E-state index contributed by atoms with van der Waals surface area (Å²) in [6.07, 6.45) is 1.43. The molecule has 0 bridgehead atoms. The van der Waals surface area contributed by atoms with Gasteiger partial charge >= 0.3 is 5.97 Å². The summed E-state index contributed by atoms with van der Waals surface area (Å²) >= 11 is 9.58. The Morgan fingerprint density at radius 2 is 2.00 bits per heavy atom. The number of rotatable bonds is 8. The number of amides is 1. The molecule has 1 N–H and O–H groups in total. The molecule has 1 amide bonds. The van der Waals surface area contributed by atoms with E-state index in [-0.39, 0.29) is 35.6 Å². The normalized spacial score (nSPS) is 11.9. The number of esters is 1. The van der Waals surface area contributed by atoms with E-state index in [2.05, 4.69) is 21.2 Å². The van der Waals surface area contributed by atoms with Crippen LogP contribution in [0.4, 0.5) is 0 Å². The standard InChI is InChI=1S/C22H20BrClN2O4/c1-3-29-20(27)13-30-21-18(23)10-15(11-19(21)24)9-17(12-25)22(28)26-14(2)16-7-5-4-6-8-16/h4-11,14H,3,13H2,1-2H3,(H,26,28)/b17-9-/t14-/m0/s1. The Morgan fingerprint density at radius 1 is 1.30 bits per heavy atom. The van der Waals surface area contributed by atoms with E-state index in [1.54, 1.807) is 13.0 Å². The number of ether oxygens (including phenoxy) is 2. The van der Waals surface area contributed by atoms with Crippen molar-refractivity contribution < 1.29 is 19.1 Å². The summed E-state index contributed by atoms with van der Waals surface area (Å²) in [5.41, 5.74) is 1.38. The molecule has 0 saturated heterocycles. The molecule has 0 radical (unpaired) electrons. The summed E-state index contributed by atoms with van der Waals surface area (Å²) in [6.45, 7) is 3.50. The average molecular weight is 492 g/mol. The third-order valence-electron chi connectivity index (χ3n) is 3.98. The number of nitrogens with one attached hydrogen (secondary N) is 1. The summed E-state index contributed by atoms with van der Waals surface area (Å²) in [7, 11) is 0. The molecule has 0 aliphatic heterocycles. The van der Waals surface area contributed by atoms with Gasteiger partial charge in [0.25, 0.3) is 5.91 Å². The second kappa shape index (κ2) is 11.4. The van der Waals surface area contributed by atoms with Crippen LogP contribution >= 0.6 is 27.5 Å². The minimum absolute atomic E-state index is 0.0686. The van der Waals surface area contributed by atoms with Gasteiger partial charge in [0.15, 0.2) is 12.4 Å². The van der Waals surface area contributed by atoms with Gasteiger partial charge in [0.05, 0.1) is 22.1 Å². The summed E-state index contributed by atoms with van der Waals surface area (Å²) in [5, 5.41) is 12.5. The molecule has 0 spiro atoms. The lowest BCUT2D eigenvalue weighted by molar-refractivity contribution is -0.145. The van der Waals surface area contributed by atoms with Crippen molar-refractivity contribution in [3.63, 3.8) is 0 Å². The van der Waals surface area contributed by atoms with Crippen molar-refractivity contribution in [2.75, 3.05) is 13.2 Å². The van der Waals surface area contributed by atoms with Crippen LogP contribution in [0, 0.1) is 11.3 Å². The highest BCUT2D eigenvalue weighted by molar-refractivity contribution is 9.10. The number of benzene rings is 2. The van der Waals surface area contributed by atoms with Crippen molar-refractivity contribution in [2.45, 2.75) is 19.9 Å². The van der Waals surface area contributed by atoms with Gasteiger partial charge < -0.3 is 14.8 Å². The number of halogens is 2. The van der Waals surface area contributed by atoms with Gasteiger partial charge in [-0.3, -0.25) is 4.79 Å². The molecule has 0 heterocycles. The van der Waals surface area contributed by atoms with Crippen LogP contribution in [-0.2, 0) is 14.3 Å². The SMILES string of the molecule is CCOC(=O)COc1c(Cl)cc(/C=C(/C#N)C(=O)N[C@@H](C)c2ccccc2)cc1Br. The van der Waals surface area contributed by atoms with Crippen LogP contribution in [-0.4, -0.2) is 25.1 Å².